The number of hydrogen-bond acceptors (Lipinski definition) is 5. The number of hydrogen-bond donors (Lipinski definition) is 2. The number of H-pyrrole nitrogens is 1. The minimum absolute atomic E-state index is 0.253. The lowest BCUT2D eigenvalue weighted by molar-refractivity contribution is -0.123. The average molecular weight is 301 g/mol. The molecule has 0 aliphatic carbocycles. The summed E-state index contributed by atoms with van der Waals surface area (Å²) in [5.74, 6) is -0.794. The molecule has 3 rings (SSSR count). The van der Waals surface area contributed by atoms with E-state index in [0.717, 1.165) is 5.69 Å². The van der Waals surface area contributed by atoms with Crippen LogP contribution in [0.15, 0.2) is 39.7 Å². The molecular formula is C14H15N5O3. The van der Waals surface area contributed by atoms with Gasteiger partial charge in [0.2, 0.25) is 5.91 Å². The van der Waals surface area contributed by atoms with Crippen LogP contribution in [0.5, 0.6) is 0 Å². The van der Waals surface area contributed by atoms with Gasteiger partial charge in [-0.15, -0.1) is 0 Å². The van der Waals surface area contributed by atoms with Crippen LogP contribution in [0.3, 0.4) is 0 Å². The van der Waals surface area contributed by atoms with Crippen molar-refractivity contribution in [2.45, 2.75) is 19.4 Å². The highest BCUT2D eigenvalue weighted by Gasteiger charge is 2.20. The lowest BCUT2D eigenvalue weighted by atomic mass is 10.2. The standard InChI is InChI=1S/C14H15N5O3/c1-9(13(20)15-7-6-10-8-16-18-17-10)19-11-4-2-3-5-12(11)22-14(19)21/h2-5,8-9H,6-7H2,1H3,(H,15,20)(H,16,17,18)/t9-/m1/s1. The topological polar surface area (TPSA) is 106 Å². The third-order valence-electron chi connectivity index (χ3n) is 3.43. The van der Waals surface area contributed by atoms with Crippen LogP contribution in [-0.2, 0) is 11.2 Å². The maximum Gasteiger partial charge on any atom is 0.420 e. The lowest BCUT2D eigenvalue weighted by Gasteiger charge is -2.12. The SMILES string of the molecule is C[C@H](C(=O)NCCc1cn[nH]n1)n1c(=O)oc2ccccc21. The van der Waals surface area contributed by atoms with Gasteiger partial charge in [0.05, 0.1) is 17.4 Å². The van der Waals surface area contributed by atoms with Gasteiger partial charge >= 0.3 is 5.76 Å². The van der Waals surface area contributed by atoms with Crippen LogP contribution in [0.2, 0.25) is 0 Å². The van der Waals surface area contributed by atoms with E-state index in [1.165, 1.54) is 4.57 Å². The number of amides is 1. The molecule has 0 saturated carbocycles. The third-order valence-corrected chi connectivity index (χ3v) is 3.43. The molecule has 8 heteroatoms. The predicted molar refractivity (Wildman–Crippen MR) is 78.3 cm³/mol. The fraction of sp³-hybridized carbons (Fsp3) is 0.286. The lowest BCUT2D eigenvalue weighted by Crippen LogP contribution is -2.35. The second kappa shape index (κ2) is 5.84. The van der Waals surface area contributed by atoms with Crippen LogP contribution in [0.1, 0.15) is 18.7 Å². The summed E-state index contributed by atoms with van der Waals surface area (Å²) in [7, 11) is 0. The number of fused-ring (bicyclic) bond motifs is 1. The number of aromatic nitrogens is 4. The molecule has 1 atom stereocenters. The molecule has 0 bridgehead atoms. The Morgan fingerprint density at radius 1 is 1.45 bits per heavy atom. The normalized spacial score (nSPS) is 12.4. The van der Waals surface area contributed by atoms with Gasteiger partial charge in [-0.1, -0.05) is 12.1 Å². The van der Waals surface area contributed by atoms with E-state index in [1.807, 2.05) is 0 Å². The maximum atomic E-state index is 12.2. The molecule has 1 amide bonds. The van der Waals surface area contributed by atoms with Crippen molar-refractivity contribution in [2.75, 3.05) is 6.54 Å². The first-order valence-electron chi connectivity index (χ1n) is 6.89. The molecular weight excluding hydrogens is 286 g/mol. The van der Waals surface area contributed by atoms with Crippen molar-refractivity contribution in [3.05, 3.63) is 46.7 Å². The zero-order chi connectivity index (χ0) is 15.5. The summed E-state index contributed by atoms with van der Waals surface area (Å²) >= 11 is 0. The summed E-state index contributed by atoms with van der Waals surface area (Å²) in [6.45, 7) is 2.08. The number of rotatable bonds is 5. The first kappa shape index (κ1) is 14.1. The van der Waals surface area contributed by atoms with Gasteiger partial charge in [0.25, 0.3) is 0 Å². The molecule has 2 aromatic heterocycles. The molecule has 22 heavy (non-hydrogen) atoms. The first-order chi connectivity index (χ1) is 10.7. The van der Waals surface area contributed by atoms with Gasteiger partial charge in [-0.2, -0.15) is 15.4 Å². The van der Waals surface area contributed by atoms with Crippen molar-refractivity contribution in [1.29, 1.82) is 0 Å². The highest BCUT2D eigenvalue weighted by Crippen LogP contribution is 2.16. The Morgan fingerprint density at radius 3 is 3.05 bits per heavy atom. The Labute approximate surface area is 125 Å². The average Bonchev–Trinajstić information content (AvgIpc) is 3.13. The monoisotopic (exact) mass is 301 g/mol. The van der Waals surface area contributed by atoms with Gasteiger partial charge < -0.3 is 9.73 Å². The Kier molecular flexibility index (Phi) is 3.73. The van der Waals surface area contributed by atoms with Gasteiger partial charge in [-0.3, -0.25) is 9.36 Å². The van der Waals surface area contributed by atoms with Crippen LogP contribution < -0.4 is 11.1 Å². The van der Waals surface area contributed by atoms with Crippen LogP contribution in [0, 0.1) is 0 Å². The number of nitrogens with one attached hydrogen (secondary N) is 2. The van der Waals surface area contributed by atoms with Gasteiger partial charge in [0.15, 0.2) is 5.58 Å². The second-order valence-corrected chi connectivity index (χ2v) is 4.88. The fourth-order valence-corrected chi connectivity index (χ4v) is 2.28. The molecule has 0 radical (unpaired) electrons. The van der Waals surface area contributed by atoms with E-state index < -0.39 is 11.8 Å². The molecule has 8 nitrogen and oxygen atoms in total. The van der Waals surface area contributed by atoms with E-state index in [0.29, 0.717) is 24.1 Å². The van der Waals surface area contributed by atoms with Crippen molar-refractivity contribution in [3.8, 4) is 0 Å². The fourth-order valence-electron chi connectivity index (χ4n) is 2.28. The van der Waals surface area contributed by atoms with Gasteiger partial charge in [-0.25, -0.2) is 4.79 Å². The van der Waals surface area contributed by atoms with Crippen molar-refractivity contribution in [1.82, 2.24) is 25.3 Å². The summed E-state index contributed by atoms with van der Waals surface area (Å²) in [5.41, 5.74) is 1.83. The smallest absolute Gasteiger partial charge is 0.408 e. The number of aromatic amines is 1. The van der Waals surface area contributed by atoms with Crippen molar-refractivity contribution in [3.63, 3.8) is 0 Å². The quantitative estimate of drug-likeness (QED) is 0.719. The molecule has 0 saturated heterocycles. The van der Waals surface area contributed by atoms with E-state index in [4.69, 9.17) is 4.42 Å². The number of benzene rings is 1. The molecule has 0 fully saturated rings. The largest absolute Gasteiger partial charge is 0.420 e. The van der Waals surface area contributed by atoms with Crippen molar-refractivity contribution < 1.29 is 9.21 Å². The number of oxazole rings is 1. The zero-order valence-corrected chi connectivity index (χ0v) is 11.9. The molecule has 2 N–H and O–H groups in total. The van der Waals surface area contributed by atoms with E-state index in [-0.39, 0.29) is 5.91 Å². The summed E-state index contributed by atoms with van der Waals surface area (Å²) in [6.07, 6.45) is 2.17. The van der Waals surface area contributed by atoms with E-state index >= 15 is 0 Å². The number of nitrogens with zero attached hydrogens (tertiary/aromatic N) is 3. The number of para-hydroxylation sites is 2. The Bertz CT molecular complexity index is 834. The van der Waals surface area contributed by atoms with E-state index in [9.17, 15) is 9.59 Å². The maximum absolute atomic E-state index is 12.2. The van der Waals surface area contributed by atoms with Crippen LogP contribution in [-0.4, -0.2) is 32.4 Å². The molecule has 0 spiro atoms. The molecule has 114 valence electrons. The molecule has 3 aromatic rings. The van der Waals surface area contributed by atoms with Crippen molar-refractivity contribution in [2.24, 2.45) is 0 Å². The predicted octanol–water partition coefficient (Wildman–Crippen LogP) is 0.632. The van der Waals surface area contributed by atoms with E-state index in [1.54, 1.807) is 37.4 Å². The van der Waals surface area contributed by atoms with Crippen LogP contribution in [0.25, 0.3) is 11.1 Å². The van der Waals surface area contributed by atoms with Crippen LogP contribution >= 0.6 is 0 Å². The molecule has 2 heterocycles. The number of carbonyl (C=O) groups is 1. The third kappa shape index (κ3) is 2.62. The number of carbonyl (C=O) groups excluding carboxylic acids is 1. The Hall–Kier alpha value is -2.90. The van der Waals surface area contributed by atoms with Gasteiger partial charge in [-0.05, 0) is 19.1 Å². The zero-order valence-electron chi connectivity index (χ0n) is 11.9. The summed E-state index contributed by atoms with van der Waals surface area (Å²) in [5, 5.41) is 12.9. The summed E-state index contributed by atoms with van der Waals surface area (Å²) in [6, 6.07) is 6.36. The Morgan fingerprint density at radius 2 is 2.27 bits per heavy atom. The highest BCUT2D eigenvalue weighted by atomic mass is 16.4. The minimum Gasteiger partial charge on any atom is -0.408 e. The second-order valence-electron chi connectivity index (χ2n) is 4.88. The highest BCUT2D eigenvalue weighted by molar-refractivity contribution is 5.82. The van der Waals surface area contributed by atoms with Gasteiger partial charge in [0, 0.05) is 13.0 Å². The Balaban J connectivity index is 1.72. The van der Waals surface area contributed by atoms with Crippen molar-refractivity contribution >= 4 is 17.0 Å². The first-order valence-corrected chi connectivity index (χ1v) is 6.89. The van der Waals surface area contributed by atoms with E-state index in [2.05, 4.69) is 20.7 Å². The summed E-state index contributed by atoms with van der Waals surface area (Å²) in [4.78, 5) is 24.1. The molecule has 1 aromatic carbocycles. The van der Waals surface area contributed by atoms with Crippen LogP contribution in [0.4, 0.5) is 0 Å². The molecule has 0 aliphatic rings. The van der Waals surface area contributed by atoms with Gasteiger partial charge in [0.1, 0.15) is 6.04 Å². The minimum atomic E-state index is -0.659. The molecule has 0 unspecified atom stereocenters. The molecule has 0 aliphatic heterocycles. The summed E-state index contributed by atoms with van der Waals surface area (Å²) < 4.78 is 6.49.